The van der Waals surface area contributed by atoms with Gasteiger partial charge in [-0.05, 0) is 36.8 Å². The number of nitrogens with two attached hydrogens (primary N) is 1. The first-order chi connectivity index (χ1) is 9.15. The molecule has 1 aromatic heterocycles. The van der Waals surface area contributed by atoms with E-state index < -0.39 is 0 Å². The van der Waals surface area contributed by atoms with E-state index in [2.05, 4.69) is 29.6 Å². The maximum Gasteiger partial charge on any atom is 0.251 e. The van der Waals surface area contributed by atoms with Crippen LogP contribution in [0, 0.1) is 11.8 Å². The quantitative estimate of drug-likeness (QED) is 0.572. The molecule has 1 fully saturated rings. The van der Waals surface area contributed by atoms with Gasteiger partial charge in [0, 0.05) is 17.8 Å². The monoisotopic (exact) mass is 262 g/mol. The van der Waals surface area contributed by atoms with Crippen LogP contribution in [0.15, 0.2) is 18.3 Å². The number of aromatic nitrogens is 1. The number of anilines is 1. The molecule has 3 atom stereocenters. The number of nitrogen functional groups attached to an aromatic ring is 1. The highest BCUT2D eigenvalue weighted by atomic mass is 16.1. The van der Waals surface area contributed by atoms with Crippen molar-refractivity contribution in [1.29, 1.82) is 0 Å². The van der Waals surface area contributed by atoms with Gasteiger partial charge in [0.1, 0.15) is 5.82 Å². The molecule has 104 valence electrons. The largest absolute Gasteiger partial charge is 0.349 e. The van der Waals surface area contributed by atoms with Crippen LogP contribution in [0.25, 0.3) is 0 Å². The maximum absolute atomic E-state index is 12.2. The van der Waals surface area contributed by atoms with Crippen molar-refractivity contribution in [1.82, 2.24) is 10.3 Å². The Morgan fingerprint density at radius 1 is 1.53 bits per heavy atom. The summed E-state index contributed by atoms with van der Waals surface area (Å²) in [6.45, 7) is 4.44. The first-order valence-electron chi connectivity index (χ1n) is 6.89. The van der Waals surface area contributed by atoms with Crippen LogP contribution in [0.3, 0.4) is 0 Å². The lowest BCUT2D eigenvalue weighted by atomic mass is 9.93. The van der Waals surface area contributed by atoms with Crippen molar-refractivity contribution < 1.29 is 4.79 Å². The molecule has 1 aliphatic carbocycles. The van der Waals surface area contributed by atoms with Crippen molar-refractivity contribution in [3.05, 3.63) is 23.9 Å². The Balaban J connectivity index is 2.01. The zero-order valence-corrected chi connectivity index (χ0v) is 11.5. The van der Waals surface area contributed by atoms with Crippen molar-refractivity contribution in [3.8, 4) is 0 Å². The van der Waals surface area contributed by atoms with Crippen LogP contribution in [0.1, 0.15) is 43.5 Å². The van der Waals surface area contributed by atoms with Gasteiger partial charge in [-0.15, -0.1) is 0 Å². The zero-order valence-electron chi connectivity index (χ0n) is 11.5. The number of hydrazine groups is 1. The molecule has 4 N–H and O–H groups in total. The number of rotatable bonds is 4. The Kier molecular flexibility index (Phi) is 4.37. The molecule has 1 heterocycles. The number of amides is 1. The van der Waals surface area contributed by atoms with Crippen molar-refractivity contribution >= 4 is 11.7 Å². The fourth-order valence-corrected chi connectivity index (χ4v) is 2.93. The second kappa shape index (κ2) is 6.02. The summed E-state index contributed by atoms with van der Waals surface area (Å²) in [5.74, 6) is 7.02. The molecule has 0 radical (unpaired) electrons. The van der Waals surface area contributed by atoms with Gasteiger partial charge in [-0.1, -0.05) is 20.3 Å². The number of carbonyl (C=O) groups is 1. The maximum atomic E-state index is 12.2. The Labute approximate surface area is 114 Å². The SMILES string of the molecule is CCC1CCC(NC(=O)c2ccnc(NN)c2)C1C. The second-order valence-electron chi connectivity index (χ2n) is 5.26. The summed E-state index contributed by atoms with van der Waals surface area (Å²) >= 11 is 0. The van der Waals surface area contributed by atoms with Crippen LogP contribution >= 0.6 is 0 Å². The first kappa shape index (κ1) is 13.8. The van der Waals surface area contributed by atoms with Crippen LogP contribution in [-0.4, -0.2) is 16.9 Å². The van der Waals surface area contributed by atoms with Gasteiger partial charge >= 0.3 is 0 Å². The average Bonchev–Trinajstić information content (AvgIpc) is 2.79. The molecular weight excluding hydrogens is 240 g/mol. The number of nitrogens with one attached hydrogen (secondary N) is 2. The highest BCUT2D eigenvalue weighted by Crippen LogP contribution is 2.33. The fourth-order valence-electron chi connectivity index (χ4n) is 2.93. The molecule has 1 aromatic rings. The Morgan fingerprint density at radius 2 is 2.32 bits per heavy atom. The van der Waals surface area contributed by atoms with Crippen molar-refractivity contribution in [3.63, 3.8) is 0 Å². The predicted molar refractivity (Wildman–Crippen MR) is 75.5 cm³/mol. The topological polar surface area (TPSA) is 80.0 Å². The van der Waals surface area contributed by atoms with Crippen molar-refractivity contribution in [2.24, 2.45) is 17.7 Å². The molecule has 2 rings (SSSR count). The second-order valence-corrected chi connectivity index (χ2v) is 5.26. The molecule has 1 aliphatic rings. The third kappa shape index (κ3) is 3.04. The Hall–Kier alpha value is -1.62. The molecule has 5 heteroatoms. The Morgan fingerprint density at radius 3 is 2.95 bits per heavy atom. The third-order valence-electron chi connectivity index (χ3n) is 4.24. The zero-order chi connectivity index (χ0) is 13.8. The fraction of sp³-hybridized carbons (Fsp3) is 0.571. The minimum atomic E-state index is -0.0486. The van der Waals surface area contributed by atoms with E-state index in [0.29, 0.717) is 17.3 Å². The Bertz CT molecular complexity index is 449. The highest BCUT2D eigenvalue weighted by Gasteiger charge is 2.32. The van der Waals surface area contributed by atoms with Crippen LogP contribution in [0.2, 0.25) is 0 Å². The number of hydrogen-bond donors (Lipinski definition) is 3. The lowest BCUT2D eigenvalue weighted by Crippen LogP contribution is -2.37. The number of carbonyl (C=O) groups excluding carboxylic acids is 1. The van der Waals surface area contributed by atoms with Gasteiger partial charge in [-0.3, -0.25) is 4.79 Å². The van der Waals surface area contributed by atoms with E-state index in [0.717, 1.165) is 12.3 Å². The third-order valence-corrected chi connectivity index (χ3v) is 4.24. The van der Waals surface area contributed by atoms with Gasteiger partial charge in [-0.2, -0.15) is 0 Å². The van der Waals surface area contributed by atoms with E-state index in [1.54, 1.807) is 18.3 Å². The van der Waals surface area contributed by atoms with Crippen LogP contribution in [-0.2, 0) is 0 Å². The number of hydrogen-bond acceptors (Lipinski definition) is 4. The number of nitrogens with zero attached hydrogens (tertiary/aromatic N) is 1. The molecule has 0 saturated heterocycles. The standard InChI is InChI=1S/C14H22N4O/c1-3-10-4-5-12(9(10)2)17-14(19)11-6-7-16-13(8-11)18-15/h6-10,12H,3-5,15H2,1-2H3,(H,16,18)(H,17,19). The predicted octanol–water partition coefficient (Wildman–Crippen LogP) is 1.92. The van der Waals surface area contributed by atoms with Crippen LogP contribution in [0.4, 0.5) is 5.82 Å². The smallest absolute Gasteiger partial charge is 0.251 e. The van der Waals surface area contributed by atoms with Gasteiger partial charge < -0.3 is 10.7 Å². The molecule has 0 bridgehead atoms. The first-order valence-corrected chi connectivity index (χ1v) is 6.89. The molecule has 0 aromatic carbocycles. The summed E-state index contributed by atoms with van der Waals surface area (Å²) in [5.41, 5.74) is 3.04. The summed E-state index contributed by atoms with van der Waals surface area (Å²) < 4.78 is 0. The van der Waals surface area contributed by atoms with Crippen LogP contribution < -0.4 is 16.6 Å². The molecule has 19 heavy (non-hydrogen) atoms. The highest BCUT2D eigenvalue weighted by molar-refractivity contribution is 5.95. The molecule has 0 spiro atoms. The molecule has 5 nitrogen and oxygen atoms in total. The van der Waals surface area contributed by atoms with Gasteiger partial charge in [0.25, 0.3) is 5.91 Å². The van der Waals surface area contributed by atoms with E-state index in [1.807, 2.05) is 0 Å². The normalized spacial score (nSPS) is 26.2. The molecule has 1 saturated carbocycles. The number of pyridine rings is 1. The van der Waals surface area contributed by atoms with E-state index in [1.165, 1.54) is 12.8 Å². The van der Waals surface area contributed by atoms with E-state index in [-0.39, 0.29) is 11.9 Å². The average molecular weight is 262 g/mol. The summed E-state index contributed by atoms with van der Waals surface area (Å²) in [4.78, 5) is 16.2. The van der Waals surface area contributed by atoms with Gasteiger partial charge in [-0.25, -0.2) is 10.8 Å². The lowest BCUT2D eigenvalue weighted by Gasteiger charge is -2.21. The summed E-state index contributed by atoms with van der Waals surface area (Å²) in [5, 5.41) is 3.13. The van der Waals surface area contributed by atoms with Crippen molar-refractivity contribution in [2.75, 3.05) is 5.43 Å². The van der Waals surface area contributed by atoms with E-state index >= 15 is 0 Å². The van der Waals surface area contributed by atoms with Crippen molar-refractivity contribution in [2.45, 2.75) is 39.2 Å². The lowest BCUT2D eigenvalue weighted by molar-refractivity contribution is 0.0926. The minimum Gasteiger partial charge on any atom is -0.349 e. The molecule has 0 aliphatic heterocycles. The molecule has 1 amide bonds. The van der Waals surface area contributed by atoms with E-state index in [9.17, 15) is 4.79 Å². The van der Waals surface area contributed by atoms with Gasteiger partial charge in [0.05, 0.1) is 0 Å². The summed E-state index contributed by atoms with van der Waals surface area (Å²) in [6, 6.07) is 3.64. The minimum absolute atomic E-state index is 0.0486. The van der Waals surface area contributed by atoms with Crippen LogP contribution in [0.5, 0.6) is 0 Å². The van der Waals surface area contributed by atoms with E-state index in [4.69, 9.17) is 5.84 Å². The van der Waals surface area contributed by atoms with Gasteiger partial charge in [0.2, 0.25) is 0 Å². The summed E-state index contributed by atoms with van der Waals surface area (Å²) in [6.07, 6.45) is 5.04. The summed E-state index contributed by atoms with van der Waals surface area (Å²) in [7, 11) is 0. The molecule has 3 unspecified atom stereocenters. The van der Waals surface area contributed by atoms with Gasteiger partial charge in [0.15, 0.2) is 0 Å². The molecular formula is C14H22N4O.